The lowest BCUT2D eigenvalue weighted by molar-refractivity contribution is 0.105. The molecule has 0 spiro atoms. The van der Waals surface area contributed by atoms with Gasteiger partial charge in [0.2, 0.25) is 0 Å². The number of hydrogen-bond donors (Lipinski definition) is 0. The van der Waals surface area contributed by atoms with Crippen molar-refractivity contribution in [2.45, 2.75) is 0 Å². The summed E-state index contributed by atoms with van der Waals surface area (Å²) in [5, 5.41) is 0. The molecule has 0 aliphatic heterocycles. The van der Waals surface area contributed by atoms with Crippen molar-refractivity contribution in [1.82, 2.24) is 0 Å². The van der Waals surface area contributed by atoms with Gasteiger partial charge in [-0.1, -0.05) is 24.3 Å². The van der Waals surface area contributed by atoms with Gasteiger partial charge >= 0.3 is 0 Å². The van der Waals surface area contributed by atoms with Crippen LogP contribution in [0.5, 0.6) is 0 Å². The molecular weight excluding hydrogens is 234 g/mol. The topological polar surface area (TPSA) is 17.1 Å². The predicted molar refractivity (Wildman–Crippen MR) is 64.2 cm³/mol. The van der Waals surface area contributed by atoms with Crippen LogP contribution < -0.4 is 0 Å². The van der Waals surface area contributed by atoms with Gasteiger partial charge in [-0.3, -0.25) is 4.79 Å². The Labute approximate surface area is 102 Å². The van der Waals surface area contributed by atoms with Crippen LogP contribution in [0.25, 0.3) is 5.57 Å². The van der Waals surface area contributed by atoms with E-state index in [9.17, 15) is 13.6 Å². The molecule has 1 aliphatic rings. The fourth-order valence-electron chi connectivity index (χ4n) is 2.17. The second-order valence-electron chi connectivity index (χ2n) is 4.13. The van der Waals surface area contributed by atoms with E-state index < -0.39 is 11.6 Å². The van der Waals surface area contributed by atoms with Crippen molar-refractivity contribution in [2.75, 3.05) is 0 Å². The van der Waals surface area contributed by atoms with Gasteiger partial charge in [-0.2, -0.15) is 0 Å². The zero-order chi connectivity index (χ0) is 12.7. The van der Waals surface area contributed by atoms with Gasteiger partial charge in [-0.15, -0.1) is 0 Å². The van der Waals surface area contributed by atoms with Gasteiger partial charge in [0.05, 0.1) is 0 Å². The molecule has 2 aromatic carbocycles. The Balaban J connectivity index is 2.19. The second kappa shape index (κ2) is 3.88. The summed E-state index contributed by atoms with van der Waals surface area (Å²) in [5.74, 6) is -1.43. The molecule has 1 aliphatic carbocycles. The molecule has 0 saturated carbocycles. The highest BCUT2D eigenvalue weighted by Gasteiger charge is 2.22. The van der Waals surface area contributed by atoms with E-state index in [1.807, 2.05) is 0 Å². The molecule has 2 aromatic rings. The molecule has 3 heteroatoms. The molecule has 18 heavy (non-hydrogen) atoms. The molecule has 0 N–H and O–H groups in total. The van der Waals surface area contributed by atoms with Gasteiger partial charge in [-0.05, 0) is 34.9 Å². The van der Waals surface area contributed by atoms with Gasteiger partial charge < -0.3 is 0 Å². The highest BCUT2D eigenvalue weighted by molar-refractivity contribution is 6.18. The van der Waals surface area contributed by atoms with Crippen LogP contribution in [0.2, 0.25) is 0 Å². The second-order valence-corrected chi connectivity index (χ2v) is 4.13. The average molecular weight is 242 g/mol. The number of carbonyl (C=O) groups excluding carboxylic acids is 1. The zero-order valence-corrected chi connectivity index (χ0v) is 9.28. The van der Waals surface area contributed by atoms with Crippen molar-refractivity contribution in [1.29, 1.82) is 0 Å². The molecule has 0 heterocycles. The van der Waals surface area contributed by atoms with Crippen LogP contribution in [0, 0.1) is 11.6 Å². The standard InChI is InChI=1S/C15H8F2O/c16-10-5-9(6-11(17)7-10)14-8-15(18)13-4-2-1-3-12(13)14/h1-8H. The van der Waals surface area contributed by atoms with Gasteiger partial charge in [0.25, 0.3) is 0 Å². The van der Waals surface area contributed by atoms with Crippen LogP contribution in [0.3, 0.4) is 0 Å². The maximum atomic E-state index is 13.2. The number of ketones is 1. The van der Waals surface area contributed by atoms with Crippen molar-refractivity contribution in [3.63, 3.8) is 0 Å². The van der Waals surface area contributed by atoms with Gasteiger partial charge in [-0.25, -0.2) is 8.78 Å². The fraction of sp³-hybridized carbons (Fsp3) is 0. The Morgan fingerprint density at radius 2 is 1.44 bits per heavy atom. The first-order valence-electron chi connectivity index (χ1n) is 5.47. The summed E-state index contributed by atoms with van der Waals surface area (Å²) in [6.45, 7) is 0. The molecule has 0 amide bonds. The van der Waals surface area contributed by atoms with E-state index in [4.69, 9.17) is 0 Å². The van der Waals surface area contributed by atoms with Gasteiger partial charge in [0.15, 0.2) is 5.78 Å². The molecule has 1 nitrogen and oxygen atoms in total. The normalized spacial score (nSPS) is 13.4. The summed E-state index contributed by atoms with van der Waals surface area (Å²) in [4.78, 5) is 11.8. The number of allylic oxidation sites excluding steroid dienone is 1. The molecule has 0 saturated heterocycles. The molecule has 0 fully saturated rings. The summed E-state index contributed by atoms with van der Waals surface area (Å²) in [6.07, 6.45) is 1.42. The third-order valence-electron chi connectivity index (χ3n) is 2.93. The number of carbonyl (C=O) groups is 1. The monoisotopic (exact) mass is 242 g/mol. The van der Waals surface area contributed by atoms with E-state index in [0.717, 1.165) is 6.07 Å². The Hall–Kier alpha value is -2.29. The van der Waals surface area contributed by atoms with E-state index in [1.165, 1.54) is 18.2 Å². The summed E-state index contributed by atoms with van der Waals surface area (Å²) in [6, 6.07) is 10.3. The smallest absolute Gasteiger partial charge is 0.187 e. The average Bonchev–Trinajstić information content (AvgIpc) is 2.66. The summed E-state index contributed by atoms with van der Waals surface area (Å²) in [7, 11) is 0. The molecule has 0 atom stereocenters. The third-order valence-corrected chi connectivity index (χ3v) is 2.93. The number of fused-ring (bicyclic) bond motifs is 1. The quantitative estimate of drug-likeness (QED) is 0.746. The molecule has 3 rings (SSSR count). The minimum absolute atomic E-state index is 0.134. The zero-order valence-electron chi connectivity index (χ0n) is 9.28. The Bertz CT molecular complexity index is 666. The number of halogens is 2. The summed E-state index contributed by atoms with van der Waals surface area (Å²) >= 11 is 0. The van der Waals surface area contributed by atoms with Gasteiger partial charge in [0, 0.05) is 11.6 Å². The first-order chi connectivity index (χ1) is 8.65. The fourth-order valence-corrected chi connectivity index (χ4v) is 2.17. The SMILES string of the molecule is O=C1C=C(c2cc(F)cc(F)c2)c2ccccc21. The van der Waals surface area contributed by atoms with Crippen LogP contribution in [0.15, 0.2) is 48.5 Å². The lowest BCUT2D eigenvalue weighted by Crippen LogP contribution is -1.91. The number of rotatable bonds is 1. The van der Waals surface area contributed by atoms with E-state index >= 15 is 0 Å². The van der Waals surface area contributed by atoms with E-state index in [-0.39, 0.29) is 5.78 Å². The molecule has 0 bridgehead atoms. The lowest BCUT2D eigenvalue weighted by Gasteiger charge is -2.05. The Morgan fingerprint density at radius 3 is 2.11 bits per heavy atom. The molecule has 88 valence electrons. The van der Waals surface area contributed by atoms with Crippen molar-refractivity contribution in [3.8, 4) is 0 Å². The highest BCUT2D eigenvalue weighted by Crippen LogP contribution is 2.33. The van der Waals surface area contributed by atoms with Crippen LogP contribution in [0.4, 0.5) is 8.78 Å². The Kier molecular flexibility index (Phi) is 2.33. The van der Waals surface area contributed by atoms with E-state index in [2.05, 4.69) is 0 Å². The summed E-state index contributed by atoms with van der Waals surface area (Å²) in [5.41, 5.74) is 2.23. The van der Waals surface area contributed by atoms with E-state index in [0.29, 0.717) is 22.3 Å². The third kappa shape index (κ3) is 1.64. The maximum Gasteiger partial charge on any atom is 0.187 e. The highest BCUT2D eigenvalue weighted by atomic mass is 19.1. The van der Waals surface area contributed by atoms with Crippen molar-refractivity contribution in [2.24, 2.45) is 0 Å². The van der Waals surface area contributed by atoms with Crippen LogP contribution in [-0.2, 0) is 0 Å². The molecular formula is C15H8F2O. The largest absolute Gasteiger partial charge is 0.289 e. The minimum Gasteiger partial charge on any atom is -0.289 e. The first-order valence-corrected chi connectivity index (χ1v) is 5.47. The maximum absolute atomic E-state index is 13.2. The van der Waals surface area contributed by atoms with Gasteiger partial charge in [0.1, 0.15) is 11.6 Å². The Morgan fingerprint density at radius 1 is 0.833 bits per heavy atom. The van der Waals surface area contributed by atoms with Crippen LogP contribution in [0.1, 0.15) is 21.5 Å². The van der Waals surface area contributed by atoms with Crippen LogP contribution >= 0.6 is 0 Å². The molecule has 0 unspecified atom stereocenters. The number of benzene rings is 2. The van der Waals surface area contributed by atoms with Crippen molar-refractivity contribution < 1.29 is 13.6 Å². The minimum atomic E-state index is -0.650. The lowest BCUT2D eigenvalue weighted by atomic mass is 9.99. The van der Waals surface area contributed by atoms with Crippen molar-refractivity contribution in [3.05, 3.63) is 76.9 Å². The number of hydrogen-bond acceptors (Lipinski definition) is 1. The van der Waals surface area contributed by atoms with E-state index in [1.54, 1.807) is 24.3 Å². The predicted octanol–water partition coefficient (Wildman–Crippen LogP) is 3.59. The summed E-state index contributed by atoms with van der Waals surface area (Å²) < 4.78 is 26.4. The molecule has 0 radical (unpaired) electrons. The van der Waals surface area contributed by atoms with Crippen molar-refractivity contribution >= 4 is 11.4 Å². The van der Waals surface area contributed by atoms with Crippen LogP contribution in [-0.4, -0.2) is 5.78 Å². The first kappa shape index (κ1) is 10.8. The molecule has 0 aromatic heterocycles.